The highest BCUT2D eigenvalue weighted by atomic mass is 35.5. The SMILES string of the molecule is CN(Cc1ccsc1)CC(O)c1cccc(Cl)c1. The quantitative estimate of drug-likeness (QED) is 0.906. The van der Waals surface area contributed by atoms with E-state index < -0.39 is 6.10 Å². The Hall–Kier alpha value is -0.870. The summed E-state index contributed by atoms with van der Waals surface area (Å²) in [5.41, 5.74) is 2.14. The molecule has 0 aliphatic carbocycles. The van der Waals surface area contributed by atoms with Crippen LogP contribution in [0.1, 0.15) is 17.2 Å². The van der Waals surface area contributed by atoms with E-state index in [0.29, 0.717) is 11.6 Å². The molecule has 1 aromatic carbocycles. The molecule has 1 unspecified atom stereocenters. The van der Waals surface area contributed by atoms with Crippen molar-refractivity contribution in [3.8, 4) is 0 Å². The molecule has 1 aromatic heterocycles. The summed E-state index contributed by atoms with van der Waals surface area (Å²) >= 11 is 7.61. The van der Waals surface area contributed by atoms with Crippen molar-refractivity contribution >= 4 is 22.9 Å². The van der Waals surface area contributed by atoms with Crippen LogP contribution in [0.5, 0.6) is 0 Å². The van der Waals surface area contributed by atoms with Crippen LogP contribution in [-0.2, 0) is 6.54 Å². The molecule has 0 spiro atoms. The summed E-state index contributed by atoms with van der Waals surface area (Å²) in [5, 5.41) is 15.0. The van der Waals surface area contributed by atoms with Crippen molar-refractivity contribution in [2.45, 2.75) is 12.6 Å². The molecule has 0 saturated carbocycles. The van der Waals surface area contributed by atoms with Crippen molar-refractivity contribution in [3.05, 3.63) is 57.2 Å². The normalized spacial score (nSPS) is 12.9. The molecule has 1 atom stereocenters. The molecule has 96 valence electrons. The molecule has 0 radical (unpaired) electrons. The minimum atomic E-state index is -0.507. The van der Waals surface area contributed by atoms with E-state index in [1.807, 2.05) is 31.3 Å². The highest BCUT2D eigenvalue weighted by molar-refractivity contribution is 7.07. The fourth-order valence-electron chi connectivity index (χ4n) is 1.87. The van der Waals surface area contributed by atoms with Crippen LogP contribution in [0.25, 0.3) is 0 Å². The van der Waals surface area contributed by atoms with Crippen molar-refractivity contribution in [1.29, 1.82) is 0 Å². The van der Waals surface area contributed by atoms with Gasteiger partial charge in [0.15, 0.2) is 0 Å². The minimum absolute atomic E-state index is 0.507. The van der Waals surface area contributed by atoms with Gasteiger partial charge in [-0.15, -0.1) is 0 Å². The van der Waals surface area contributed by atoms with Gasteiger partial charge in [0, 0.05) is 18.1 Å². The third-order valence-corrected chi connectivity index (χ3v) is 3.72. The first-order valence-corrected chi connectivity index (χ1v) is 7.10. The predicted octanol–water partition coefficient (Wildman–Crippen LogP) is 3.57. The summed E-state index contributed by atoms with van der Waals surface area (Å²) in [6.07, 6.45) is -0.507. The Bertz CT molecular complexity index is 486. The molecule has 0 aliphatic rings. The first-order valence-electron chi connectivity index (χ1n) is 5.78. The molecule has 2 nitrogen and oxygen atoms in total. The van der Waals surface area contributed by atoms with Crippen LogP contribution < -0.4 is 0 Å². The second kappa shape index (κ2) is 6.34. The highest BCUT2D eigenvalue weighted by Crippen LogP contribution is 2.19. The first kappa shape index (κ1) is 13.6. The van der Waals surface area contributed by atoms with E-state index in [0.717, 1.165) is 12.1 Å². The summed E-state index contributed by atoms with van der Waals surface area (Å²) in [4.78, 5) is 2.10. The lowest BCUT2D eigenvalue weighted by Gasteiger charge is -2.20. The van der Waals surface area contributed by atoms with Crippen molar-refractivity contribution in [3.63, 3.8) is 0 Å². The molecule has 0 aliphatic heterocycles. The Labute approximate surface area is 116 Å². The number of rotatable bonds is 5. The lowest BCUT2D eigenvalue weighted by Crippen LogP contribution is -2.24. The van der Waals surface area contributed by atoms with Gasteiger partial charge >= 0.3 is 0 Å². The summed E-state index contributed by atoms with van der Waals surface area (Å²) in [5.74, 6) is 0. The van der Waals surface area contributed by atoms with E-state index in [-0.39, 0.29) is 0 Å². The topological polar surface area (TPSA) is 23.5 Å². The van der Waals surface area contributed by atoms with Crippen molar-refractivity contribution < 1.29 is 5.11 Å². The average Bonchev–Trinajstić information content (AvgIpc) is 2.81. The third-order valence-electron chi connectivity index (χ3n) is 2.75. The van der Waals surface area contributed by atoms with E-state index in [2.05, 4.69) is 21.7 Å². The molecule has 1 N–H and O–H groups in total. The van der Waals surface area contributed by atoms with Gasteiger partial charge in [-0.1, -0.05) is 23.7 Å². The summed E-state index contributed by atoms with van der Waals surface area (Å²) < 4.78 is 0. The lowest BCUT2D eigenvalue weighted by molar-refractivity contribution is 0.124. The van der Waals surface area contributed by atoms with Gasteiger partial charge in [0.1, 0.15) is 0 Å². The summed E-state index contributed by atoms with van der Waals surface area (Å²) in [6, 6.07) is 9.49. The number of thiophene rings is 1. The monoisotopic (exact) mass is 281 g/mol. The fraction of sp³-hybridized carbons (Fsp3) is 0.286. The number of aliphatic hydroxyl groups is 1. The number of nitrogens with zero attached hydrogens (tertiary/aromatic N) is 1. The van der Waals surface area contributed by atoms with Crippen LogP contribution in [0.2, 0.25) is 5.02 Å². The molecule has 2 rings (SSSR count). The molecular formula is C14H16ClNOS. The van der Waals surface area contributed by atoms with Crippen LogP contribution >= 0.6 is 22.9 Å². The van der Waals surface area contributed by atoms with E-state index in [4.69, 9.17) is 11.6 Å². The zero-order chi connectivity index (χ0) is 13.0. The maximum Gasteiger partial charge on any atom is 0.0917 e. The van der Waals surface area contributed by atoms with Crippen LogP contribution in [-0.4, -0.2) is 23.6 Å². The average molecular weight is 282 g/mol. The first-order chi connectivity index (χ1) is 8.65. The fourth-order valence-corrected chi connectivity index (χ4v) is 2.73. The molecule has 2 aromatic rings. The predicted molar refractivity (Wildman–Crippen MR) is 77.1 cm³/mol. The minimum Gasteiger partial charge on any atom is -0.387 e. The molecule has 0 saturated heterocycles. The lowest BCUT2D eigenvalue weighted by atomic mass is 10.1. The largest absolute Gasteiger partial charge is 0.387 e. The van der Waals surface area contributed by atoms with Crippen LogP contribution in [0.15, 0.2) is 41.1 Å². The number of halogens is 1. The smallest absolute Gasteiger partial charge is 0.0917 e. The standard InChI is InChI=1S/C14H16ClNOS/c1-16(8-11-5-6-18-10-11)9-14(17)12-3-2-4-13(15)7-12/h2-7,10,14,17H,8-9H2,1H3. The number of likely N-dealkylation sites (N-methyl/N-ethyl adjacent to an activating group) is 1. The van der Waals surface area contributed by atoms with Gasteiger partial charge < -0.3 is 5.11 Å². The van der Waals surface area contributed by atoms with Crippen LogP contribution in [0, 0.1) is 0 Å². The molecule has 0 bridgehead atoms. The number of hydrogen-bond donors (Lipinski definition) is 1. The highest BCUT2D eigenvalue weighted by Gasteiger charge is 2.11. The van der Waals surface area contributed by atoms with E-state index in [1.54, 1.807) is 11.3 Å². The third kappa shape index (κ3) is 3.82. The van der Waals surface area contributed by atoms with Gasteiger partial charge in [0.05, 0.1) is 6.10 Å². The molecule has 4 heteroatoms. The number of hydrogen-bond acceptors (Lipinski definition) is 3. The number of aliphatic hydroxyl groups excluding tert-OH is 1. The molecule has 0 amide bonds. The van der Waals surface area contributed by atoms with Crippen molar-refractivity contribution in [1.82, 2.24) is 4.90 Å². The Morgan fingerprint density at radius 1 is 1.39 bits per heavy atom. The number of benzene rings is 1. The van der Waals surface area contributed by atoms with Gasteiger partial charge in [-0.2, -0.15) is 11.3 Å². The van der Waals surface area contributed by atoms with Gasteiger partial charge in [-0.3, -0.25) is 4.90 Å². The van der Waals surface area contributed by atoms with E-state index >= 15 is 0 Å². The Morgan fingerprint density at radius 2 is 2.22 bits per heavy atom. The maximum atomic E-state index is 10.1. The summed E-state index contributed by atoms with van der Waals surface area (Å²) in [7, 11) is 2.01. The Morgan fingerprint density at radius 3 is 2.89 bits per heavy atom. The Kier molecular flexibility index (Phi) is 4.78. The van der Waals surface area contributed by atoms with Crippen LogP contribution in [0.3, 0.4) is 0 Å². The van der Waals surface area contributed by atoms with E-state index in [1.165, 1.54) is 5.56 Å². The zero-order valence-corrected chi connectivity index (χ0v) is 11.8. The molecule has 0 fully saturated rings. The second-order valence-corrected chi connectivity index (χ2v) is 5.62. The Balaban J connectivity index is 1.92. The zero-order valence-electron chi connectivity index (χ0n) is 10.2. The van der Waals surface area contributed by atoms with Gasteiger partial charge in [-0.25, -0.2) is 0 Å². The van der Waals surface area contributed by atoms with Crippen molar-refractivity contribution in [2.75, 3.05) is 13.6 Å². The van der Waals surface area contributed by atoms with Gasteiger partial charge in [-0.05, 0) is 47.1 Å². The van der Waals surface area contributed by atoms with E-state index in [9.17, 15) is 5.11 Å². The molecular weight excluding hydrogens is 266 g/mol. The van der Waals surface area contributed by atoms with Crippen LogP contribution in [0.4, 0.5) is 0 Å². The second-order valence-electron chi connectivity index (χ2n) is 4.40. The van der Waals surface area contributed by atoms with Gasteiger partial charge in [0.2, 0.25) is 0 Å². The molecule has 18 heavy (non-hydrogen) atoms. The maximum absolute atomic E-state index is 10.1. The van der Waals surface area contributed by atoms with Gasteiger partial charge in [0.25, 0.3) is 0 Å². The van der Waals surface area contributed by atoms with Crippen molar-refractivity contribution in [2.24, 2.45) is 0 Å². The molecule has 1 heterocycles. The summed E-state index contributed by atoms with van der Waals surface area (Å²) in [6.45, 7) is 1.44.